The second kappa shape index (κ2) is 6.59. The Hall–Kier alpha value is -3.21. The van der Waals surface area contributed by atoms with Crippen LogP contribution < -0.4 is 10.1 Å². The first-order valence-electron chi connectivity index (χ1n) is 8.35. The molecule has 1 aliphatic rings. The Morgan fingerprint density at radius 2 is 2.08 bits per heavy atom. The Labute approximate surface area is 150 Å². The highest BCUT2D eigenvalue weighted by Gasteiger charge is 2.19. The van der Waals surface area contributed by atoms with E-state index in [1.165, 1.54) is 12.1 Å². The number of fused-ring (bicyclic) bond motifs is 3. The number of aryl methyl sites for hydroxylation is 1. The van der Waals surface area contributed by atoms with Crippen LogP contribution in [0.4, 0.5) is 4.39 Å². The molecular formula is C21H17FN2O2. The summed E-state index contributed by atoms with van der Waals surface area (Å²) >= 11 is 0. The van der Waals surface area contributed by atoms with Crippen LogP contribution in [0.3, 0.4) is 0 Å². The van der Waals surface area contributed by atoms with Gasteiger partial charge >= 0.3 is 0 Å². The second-order valence-electron chi connectivity index (χ2n) is 6.29. The normalized spacial score (nSPS) is 11.9. The lowest BCUT2D eigenvalue weighted by atomic mass is 9.97. The lowest BCUT2D eigenvalue weighted by Gasteiger charge is -2.20. The number of hydrogen-bond donors (Lipinski definition) is 1. The highest BCUT2D eigenvalue weighted by molar-refractivity contribution is 5.95. The molecule has 0 radical (unpaired) electrons. The number of benzene rings is 2. The van der Waals surface area contributed by atoms with Crippen molar-refractivity contribution in [1.29, 1.82) is 0 Å². The van der Waals surface area contributed by atoms with Crippen molar-refractivity contribution in [2.75, 3.05) is 0 Å². The summed E-state index contributed by atoms with van der Waals surface area (Å²) in [6.07, 6.45) is 3.54. The molecule has 1 amide bonds. The van der Waals surface area contributed by atoms with Gasteiger partial charge in [-0.15, -0.1) is 0 Å². The van der Waals surface area contributed by atoms with E-state index in [0.29, 0.717) is 17.9 Å². The van der Waals surface area contributed by atoms with E-state index in [4.69, 9.17) is 4.74 Å². The van der Waals surface area contributed by atoms with E-state index in [1.54, 1.807) is 30.6 Å². The van der Waals surface area contributed by atoms with Crippen molar-refractivity contribution in [3.63, 3.8) is 0 Å². The van der Waals surface area contributed by atoms with Crippen LogP contribution in [0.25, 0.3) is 11.1 Å². The fourth-order valence-electron chi connectivity index (χ4n) is 3.07. The van der Waals surface area contributed by atoms with E-state index in [9.17, 15) is 9.18 Å². The minimum Gasteiger partial charge on any atom is -0.488 e. The summed E-state index contributed by atoms with van der Waals surface area (Å²) in [4.78, 5) is 16.6. The van der Waals surface area contributed by atoms with Gasteiger partial charge in [-0.1, -0.05) is 6.07 Å². The highest BCUT2D eigenvalue weighted by Crippen LogP contribution is 2.37. The third-order valence-electron chi connectivity index (χ3n) is 4.57. The Morgan fingerprint density at radius 1 is 1.19 bits per heavy atom. The van der Waals surface area contributed by atoms with Gasteiger partial charge in [-0.3, -0.25) is 9.78 Å². The Morgan fingerprint density at radius 3 is 2.96 bits per heavy atom. The van der Waals surface area contributed by atoms with Crippen molar-refractivity contribution in [2.24, 2.45) is 0 Å². The maximum absolute atomic E-state index is 13.4. The topological polar surface area (TPSA) is 51.2 Å². The zero-order valence-electron chi connectivity index (χ0n) is 14.3. The molecule has 1 N–H and O–H groups in total. The van der Waals surface area contributed by atoms with Crippen LogP contribution in [0.15, 0.2) is 54.9 Å². The van der Waals surface area contributed by atoms with Crippen molar-refractivity contribution in [2.45, 2.75) is 20.1 Å². The molecule has 0 fully saturated rings. The van der Waals surface area contributed by atoms with E-state index in [-0.39, 0.29) is 18.3 Å². The highest BCUT2D eigenvalue weighted by atomic mass is 19.1. The van der Waals surface area contributed by atoms with Crippen LogP contribution in [0.2, 0.25) is 0 Å². The van der Waals surface area contributed by atoms with Crippen molar-refractivity contribution in [3.8, 4) is 16.9 Å². The van der Waals surface area contributed by atoms with Gasteiger partial charge in [0.2, 0.25) is 0 Å². The summed E-state index contributed by atoms with van der Waals surface area (Å²) in [5, 5.41) is 2.84. The zero-order chi connectivity index (χ0) is 18.1. The van der Waals surface area contributed by atoms with Crippen LogP contribution in [0.5, 0.6) is 5.75 Å². The van der Waals surface area contributed by atoms with Crippen molar-refractivity contribution in [3.05, 3.63) is 82.9 Å². The van der Waals surface area contributed by atoms with Gasteiger partial charge in [0.15, 0.2) is 0 Å². The molecule has 0 aliphatic carbocycles. The Bertz CT molecular complexity index is 1000. The fourth-order valence-corrected chi connectivity index (χ4v) is 3.07. The molecule has 0 bridgehead atoms. The number of ether oxygens (including phenoxy) is 1. The molecule has 0 atom stereocenters. The number of nitrogens with one attached hydrogen (secondary N) is 1. The molecule has 0 spiro atoms. The number of carbonyl (C=O) groups excluding carboxylic acids is 1. The zero-order valence-corrected chi connectivity index (χ0v) is 14.3. The average Bonchev–Trinajstić information content (AvgIpc) is 2.67. The van der Waals surface area contributed by atoms with Crippen LogP contribution >= 0.6 is 0 Å². The van der Waals surface area contributed by atoms with Gasteiger partial charge in [0.25, 0.3) is 5.91 Å². The lowest BCUT2D eigenvalue weighted by molar-refractivity contribution is 0.0950. The number of hydrogen-bond acceptors (Lipinski definition) is 3. The molecule has 0 saturated heterocycles. The van der Waals surface area contributed by atoms with Crippen LogP contribution in [-0.2, 0) is 13.2 Å². The maximum atomic E-state index is 13.4. The molecule has 4 nitrogen and oxygen atoms in total. The van der Waals surface area contributed by atoms with Gasteiger partial charge in [0.05, 0.1) is 0 Å². The molecule has 1 aliphatic heterocycles. The Kier molecular flexibility index (Phi) is 4.13. The summed E-state index contributed by atoms with van der Waals surface area (Å²) in [5.74, 6) is 0.147. The minimum absolute atomic E-state index is 0.222. The fraction of sp³-hybridized carbons (Fsp3) is 0.143. The molecule has 26 heavy (non-hydrogen) atoms. The van der Waals surface area contributed by atoms with Crippen LogP contribution in [0, 0.1) is 12.7 Å². The molecule has 130 valence electrons. The number of amides is 1. The van der Waals surface area contributed by atoms with Crippen molar-refractivity contribution < 1.29 is 13.9 Å². The summed E-state index contributed by atoms with van der Waals surface area (Å²) in [5.41, 5.74) is 5.25. The maximum Gasteiger partial charge on any atom is 0.251 e. The number of pyridine rings is 1. The quantitative estimate of drug-likeness (QED) is 0.778. The van der Waals surface area contributed by atoms with Gasteiger partial charge in [0.1, 0.15) is 18.2 Å². The van der Waals surface area contributed by atoms with E-state index in [2.05, 4.69) is 10.3 Å². The molecule has 0 unspecified atom stereocenters. The van der Waals surface area contributed by atoms with Crippen LogP contribution in [-0.4, -0.2) is 10.9 Å². The van der Waals surface area contributed by atoms with E-state index < -0.39 is 0 Å². The molecule has 2 heterocycles. The van der Waals surface area contributed by atoms with E-state index in [0.717, 1.165) is 27.8 Å². The molecular weight excluding hydrogens is 331 g/mol. The number of rotatable bonds is 3. The standard InChI is InChI=1S/C21H17FN2O2/c1-13-2-4-17(22)8-15(13)11-24-21(25)14-3-5-19-18-6-7-23-10-16(18)12-26-20(19)9-14/h2-10H,11-12H2,1H3,(H,24,25). The molecule has 1 aromatic heterocycles. The largest absolute Gasteiger partial charge is 0.488 e. The van der Waals surface area contributed by atoms with Crippen LogP contribution in [0.1, 0.15) is 27.0 Å². The van der Waals surface area contributed by atoms with Gasteiger partial charge < -0.3 is 10.1 Å². The average molecular weight is 348 g/mol. The molecule has 5 heteroatoms. The second-order valence-corrected chi connectivity index (χ2v) is 6.29. The summed E-state index contributed by atoms with van der Waals surface area (Å²) in [6, 6.07) is 11.9. The molecule has 4 rings (SSSR count). The first-order chi connectivity index (χ1) is 12.6. The van der Waals surface area contributed by atoms with E-state index in [1.807, 2.05) is 19.1 Å². The molecule has 0 saturated carbocycles. The summed E-state index contributed by atoms with van der Waals surface area (Å²) in [7, 11) is 0. The number of aromatic nitrogens is 1. The third-order valence-corrected chi connectivity index (χ3v) is 4.57. The first-order valence-corrected chi connectivity index (χ1v) is 8.35. The molecule has 3 aromatic rings. The summed E-state index contributed by atoms with van der Waals surface area (Å²) < 4.78 is 19.1. The van der Waals surface area contributed by atoms with Crippen molar-refractivity contribution in [1.82, 2.24) is 10.3 Å². The SMILES string of the molecule is Cc1ccc(F)cc1CNC(=O)c1ccc2c(c1)OCc1cnccc1-2. The predicted molar refractivity (Wildman–Crippen MR) is 96.3 cm³/mol. The number of carbonyl (C=O) groups is 1. The lowest BCUT2D eigenvalue weighted by Crippen LogP contribution is -2.23. The van der Waals surface area contributed by atoms with Gasteiger partial charge in [-0.2, -0.15) is 0 Å². The minimum atomic E-state index is -0.310. The number of halogens is 1. The Balaban J connectivity index is 1.54. The van der Waals surface area contributed by atoms with Crippen molar-refractivity contribution >= 4 is 5.91 Å². The van der Waals surface area contributed by atoms with Gasteiger partial charge in [0, 0.05) is 35.6 Å². The third kappa shape index (κ3) is 3.04. The summed E-state index contributed by atoms with van der Waals surface area (Å²) in [6.45, 7) is 2.60. The predicted octanol–water partition coefficient (Wildman–Crippen LogP) is 4.02. The monoisotopic (exact) mass is 348 g/mol. The van der Waals surface area contributed by atoms with Gasteiger partial charge in [-0.05, 0) is 60.0 Å². The number of nitrogens with zero attached hydrogens (tertiary/aromatic N) is 1. The van der Waals surface area contributed by atoms with Gasteiger partial charge in [-0.25, -0.2) is 4.39 Å². The first kappa shape index (κ1) is 16.3. The van der Waals surface area contributed by atoms with E-state index >= 15 is 0 Å². The molecule has 2 aromatic carbocycles. The smallest absolute Gasteiger partial charge is 0.251 e.